The molecular formula is C12H14N4O2. The molecule has 0 saturated carbocycles. The molecule has 94 valence electrons. The lowest BCUT2D eigenvalue weighted by Crippen LogP contribution is -2.39. The fraction of sp³-hybridized carbons (Fsp3) is 0.333. The molecule has 0 unspecified atom stereocenters. The van der Waals surface area contributed by atoms with Crippen LogP contribution in [0.1, 0.15) is 18.6 Å². The second kappa shape index (κ2) is 4.95. The number of likely N-dealkylation sites (N-methyl/N-ethyl adjacent to an activating group) is 1. The van der Waals surface area contributed by atoms with Crippen LogP contribution in [0.25, 0.3) is 11.0 Å². The van der Waals surface area contributed by atoms with Gasteiger partial charge in [0.25, 0.3) is 0 Å². The van der Waals surface area contributed by atoms with Crippen LogP contribution < -0.4 is 0 Å². The van der Waals surface area contributed by atoms with Crippen molar-refractivity contribution >= 4 is 22.8 Å². The molecule has 0 aliphatic carbocycles. The maximum Gasteiger partial charge on any atom is 0.338 e. The molecule has 2 aromatic rings. The van der Waals surface area contributed by atoms with E-state index in [1.54, 1.807) is 24.3 Å². The third-order valence-electron chi connectivity index (χ3n) is 2.78. The minimum Gasteiger partial charge on any atom is -0.335 e. The maximum atomic E-state index is 12.0. The van der Waals surface area contributed by atoms with E-state index in [9.17, 15) is 9.59 Å². The van der Waals surface area contributed by atoms with Crippen molar-refractivity contribution in [2.24, 2.45) is 0 Å². The Labute approximate surface area is 104 Å². The van der Waals surface area contributed by atoms with Crippen molar-refractivity contribution in [1.29, 1.82) is 0 Å². The molecule has 0 fully saturated rings. The van der Waals surface area contributed by atoms with E-state index >= 15 is 0 Å². The Morgan fingerprint density at radius 3 is 2.56 bits per heavy atom. The lowest BCUT2D eigenvalue weighted by atomic mass is 10.3. The summed E-state index contributed by atoms with van der Waals surface area (Å²) in [7, 11) is 0. The number of fused-ring (bicyclic) bond motifs is 1. The van der Waals surface area contributed by atoms with Crippen molar-refractivity contribution in [3.8, 4) is 0 Å². The van der Waals surface area contributed by atoms with Gasteiger partial charge in [0.15, 0.2) is 0 Å². The molecule has 1 amide bonds. The highest BCUT2D eigenvalue weighted by molar-refractivity contribution is 6.36. The fourth-order valence-electron chi connectivity index (χ4n) is 1.76. The molecule has 6 nitrogen and oxygen atoms in total. The molecule has 0 radical (unpaired) electrons. The van der Waals surface area contributed by atoms with Crippen LogP contribution in [0.5, 0.6) is 0 Å². The standard InChI is InChI=1S/C12H14N4O2/c1-3-15(4-2)11(17)12(18)16-10-8-6-5-7-9(10)13-14-16/h5-8H,3-4H2,1-2H3. The quantitative estimate of drug-likeness (QED) is 0.739. The summed E-state index contributed by atoms with van der Waals surface area (Å²) >= 11 is 0. The number of hydrogen-bond acceptors (Lipinski definition) is 4. The van der Waals surface area contributed by atoms with E-state index in [1.807, 2.05) is 13.8 Å². The van der Waals surface area contributed by atoms with Gasteiger partial charge >= 0.3 is 11.8 Å². The molecule has 0 spiro atoms. The molecule has 2 rings (SSSR count). The van der Waals surface area contributed by atoms with Crippen molar-refractivity contribution in [3.63, 3.8) is 0 Å². The molecule has 0 bridgehead atoms. The Hall–Kier alpha value is -2.24. The second-order valence-electron chi connectivity index (χ2n) is 3.77. The zero-order valence-corrected chi connectivity index (χ0v) is 10.3. The van der Waals surface area contributed by atoms with Gasteiger partial charge in [-0.3, -0.25) is 9.59 Å². The largest absolute Gasteiger partial charge is 0.338 e. The third-order valence-corrected chi connectivity index (χ3v) is 2.78. The summed E-state index contributed by atoms with van der Waals surface area (Å²) in [4.78, 5) is 25.4. The van der Waals surface area contributed by atoms with Gasteiger partial charge in [-0.2, -0.15) is 4.68 Å². The summed E-state index contributed by atoms with van der Waals surface area (Å²) in [6.45, 7) is 4.64. The van der Waals surface area contributed by atoms with Crippen LogP contribution in [-0.4, -0.2) is 44.8 Å². The Morgan fingerprint density at radius 2 is 1.89 bits per heavy atom. The number of aromatic nitrogens is 3. The lowest BCUT2D eigenvalue weighted by molar-refractivity contribution is -0.126. The van der Waals surface area contributed by atoms with Gasteiger partial charge in [0.05, 0.1) is 5.52 Å². The molecule has 1 heterocycles. The average Bonchev–Trinajstić information content (AvgIpc) is 2.83. The van der Waals surface area contributed by atoms with E-state index in [-0.39, 0.29) is 0 Å². The molecule has 0 aliphatic rings. The topological polar surface area (TPSA) is 68.1 Å². The van der Waals surface area contributed by atoms with E-state index in [0.29, 0.717) is 24.1 Å². The van der Waals surface area contributed by atoms with Crippen LogP contribution in [0.15, 0.2) is 24.3 Å². The molecule has 0 aliphatic heterocycles. The van der Waals surface area contributed by atoms with Gasteiger partial charge in [-0.15, -0.1) is 5.10 Å². The van der Waals surface area contributed by atoms with Gasteiger partial charge in [0.2, 0.25) is 0 Å². The van der Waals surface area contributed by atoms with Gasteiger partial charge in [-0.1, -0.05) is 17.3 Å². The summed E-state index contributed by atoms with van der Waals surface area (Å²) in [5, 5.41) is 7.59. The highest BCUT2D eigenvalue weighted by Gasteiger charge is 2.23. The highest BCUT2D eigenvalue weighted by atomic mass is 16.2. The van der Waals surface area contributed by atoms with E-state index in [2.05, 4.69) is 10.3 Å². The molecule has 0 N–H and O–H groups in total. The van der Waals surface area contributed by atoms with Crippen LogP contribution >= 0.6 is 0 Å². The number of carbonyl (C=O) groups is 2. The molecule has 1 aromatic carbocycles. The predicted molar refractivity (Wildman–Crippen MR) is 66.1 cm³/mol. The Bertz CT molecular complexity index is 587. The molecule has 1 aromatic heterocycles. The van der Waals surface area contributed by atoms with Crippen LogP contribution in [0, 0.1) is 0 Å². The SMILES string of the molecule is CCN(CC)C(=O)C(=O)n1nnc2ccccc21. The third kappa shape index (κ3) is 1.97. The number of nitrogens with zero attached hydrogens (tertiary/aromatic N) is 4. The van der Waals surface area contributed by atoms with Crippen LogP contribution in [0.4, 0.5) is 0 Å². The minimum atomic E-state index is -0.674. The van der Waals surface area contributed by atoms with E-state index in [1.165, 1.54) is 4.90 Å². The first-order chi connectivity index (χ1) is 8.69. The summed E-state index contributed by atoms with van der Waals surface area (Å²) in [6.07, 6.45) is 0. The smallest absolute Gasteiger partial charge is 0.335 e. The highest BCUT2D eigenvalue weighted by Crippen LogP contribution is 2.09. The van der Waals surface area contributed by atoms with Gasteiger partial charge < -0.3 is 4.90 Å². The molecule has 0 atom stereocenters. The molecular weight excluding hydrogens is 232 g/mol. The average molecular weight is 246 g/mol. The van der Waals surface area contributed by atoms with Gasteiger partial charge in [-0.25, -0.2) is 0 Å². The normalized spacial score (nSPS) is 10.6. The van der Waals surface area contributed by atoms with E-state index < -0.39 is 11.8 Å². The molecule has 18 heavy (non-hydrogen) atoms. The van der Waals surface area contributed by atoms with Crippen molar-refractivity contribution in [3.05, 3.63) is 24.3 Å². The first-order valence-electron chi connectivity index (χ1n) is 5.83. The Kier molecular flexibility index (Phi) is 3.36. The van der Waals surface area contributed by atoms with E-state index in [0.717, 1.165) is 4.68 Å². The van der Waals surface area contributed by atoms with Crippen molar-refractivity contribution in [1.82, 2.24) is 19.9 Å². The summed E-state index contributed by atoms with van der Waals surface area (Å²) < 4.78 is 1.05. The Morgan fingerprint density at radius 1 is 1.22 bits per heavy atom. The minimum absolute atomic E-state index is 0.494. The predicted octanol–water partition coefficient (Wildman–Crippen LogP) is 0.940. The van der Waals surface area contributed by atoms with Crippen molar-refractivity contribution in [2.45, 2.75) is 13.8 Å². The van der Waals surface area contributed by atoms with Gasteiger partial charge in [-0.05, 0) is 26.0 Å². The second-order valence-corrected chi connectivity index (χ2v) is 3.77. The van der Waals surface area contributed by atoms with Crippen LogP contribution in [-0.2, 0) is 4.79 Å². The number of para-hydroxylation sites is 1. The number of amides is 1. The summed E-state index contributed by atoms with van der Waals surface area (Å²) in [5.41, 5.74) is 1.14. The summed E-state index contributed by atoms with van der Waals surface area (Å²) in [5.74, 6) is -1.23. The monoisotopic (exact) mass is 246 g/mol. The lowest BCUT2D eigenvalue weighted by Gasteiger charge is -2.16. The number of carbonyl (C=O) groups excluding carboxylic acids is 2. The summed E-state index contributed by atoms with van der Waals surface area (Å²) in [6, 6.07) is 7.03. The zero-order valence-electron chi connectivity index (χ0n) is 10.3. The van der Waals surface area contributed by atoms with E-state index in [4.69, 9.17) is 0 Å². The molecule has 6 heteroatoms. The first kappa shape index (κ1) is 12.2. The maximum absolute atomic E-state index is 12.0. The zero-order chi connectivity index (χ0) is 13.1. The fourth-order valence-corrected chi connectivity index (χ4v) is 1.76. The Balaban J connectivity index is 2.37. The van der Waals surface area contributed by atoms with Crippen LogP contribution in [0.2, 0.25) is 0 Å². The number of benzene rings is 1. The number of rotatable bonds is 2. The van der Waals surface area contributed by atoms with Gasteiger partial charge in [0, 0.05) is 13.1 Å². The number of hydrogen-bond donors (Lipinski definition) is 0. The van der Waals surface area contributed by atoms with Crippen LogP contribution in [0.3, 0.4) is 0 Å². The van der Waals surface area contributed by atoms with Gasteiger partial charge in [0.1, 0.15) is 5.52 Å². The van der Waals surface area contributed by atoms with Crippen molar-refractivity contribution in [2.75, 3.05) is 13.1 Å². The van der Waals surface area contributed by atoms with Crippen molar-refractivity contribution < 1.29 is 9.59 Å². The first-order valence-corrected chi connectivity index (χ1v) is 5.83. The molecule has 0 saturated heterocycles.